The maximum absolute atomic E-state index is 5.97. The number of benzene rings is 1. The van der Waals surface area contributed by atoms with Gasteiger partial charge in [0, 0.05) is 23.5 Å². The summed E-state index contributed by atoms with van der Waals surface area (Å²) in [6, 6.07) is 14.5. The third-order valence-corrected chi connectivity index (χ3v) is 3.23. The van der Waals surface area contributed by atoms with Crippen molar-refractivity contribution in [3.63, 3.8) is 0 Å². The minimum absolute atomic E-state index is 0.564. The van der Waals surface area contributed by atoms with E-state index in [1.807, 2.05) is 12.1 Å². The van der Waals surface area contributed by atoms with Crippen molar-refractivity contribution < 1.29 is 0 Å². The molecule has 2 N–H and O–H groups in total. The summed E-state index contributed by atoms with van der Waals surface area (Å²) in [7, 11) is 0. The molecular formula is C16H15N3. The van der Waals surface area contributed by atoms with Crippen molar-refractivity contribution in [2.75, 3.05) is 5.73 Å². The van der Waals surface area contributed by atoms with Crippen LogP contribution in [0.15, 0.2) is 54.9 Å². The molecule has 0 amide bonds. The summed E-state index contributed by atoms with van der Waals surface area (Å²) >= 11 is 0. The summed E-state index contributed by atoms with van der Waals surface area (Å²) in [4.78, 5) is 8.53. The van der Waals surface area contributed by atoms with Crippen molar-refractivity contribution in [2.24, 2.45) is 0 Å². The predicted molar refractivity (Wildman–Crippen MR) is 77.8 cm³/mol. The van der Waals surface area contributed by atoms with Crippen molar-refractivity contribution in [1.29, 1.82) is 0 Å². The Bertz CT molecular complexity index is 693. The van der Waals surface area contributed by atoms with Crippen LogP contribution >= 0.6 is 0 Å². The number of nitrogens with zero attached hydrogens (tertiary/aromatic N) is 2. The monoisotopic (exact) mass is 249 g/mol. The molecule has 3 nitrogen and oxygen atoms in total. The summed E-state index contributed by atoms with van der Waals surface area (Å²) in [6.45, 7) is 0. The first-order valence-corrected chi connectivity index (χ1v) is 6.36. The lowest BCUT2D eigenvalue weighted by atomic mass is 10.1. The van der Waals surface area contributed by atoms with Gasteiger partial charge >= 0.3 is 0 Å². The van der Waals surface area contributed by atoms with Crippen LogP contribution in [0.3, 0.4) is 0 Å². The fourth-order valence-electron chi connectivity index (χ4n) is 2.22. The molecule has 19 heavy (non-hydrogen) atoms. The number of aryl methyl sites for hydroxylation is 2. The second-order valence-corrected chi connectivity index (χ2v) is 4.58. The predicted octanol–water partition coefficient (Wildman–Crippen LogP) is 3.00. The van der Waals surface area contributed by atoms with Crippen LogP contribution in [0.2, 0.25) is 0 Å². The lowest BCUT2D eigenvalue weighted by molar-refractivity contribution is 0.920. The summed E-state index contributed by atoms with van der Waals surface area (Å²) in [6.07, 6.45) is 5.41. The van der Waals surface area contributed by atoms with E-state index in [1.54, 1.807) is 12.4 Å². The van der Waals surface area contributed by atoms with Gasteiger partial charge in [-0.2, -0.15) is 0 Å². The van der Waals surface area contributed by atoms with Gasteiger partial charge in [0.1, 0.15) is 5.82 Å². The van der Waals surface area contributed by atoms with Gasteiger partial charge in [-0.05, 0) is 35.9 Å². The first kappa shape index (κ1) is 11.7. The molecule has 94 valence electrons. The standard InChI is InChI=1S/C16H15N3/c17-16-15-11-18-9-8-13(15)10-14(19-16)7-6-12-4-2-1-3-5-12/h1-5,8-11H,6-7H2,(H2,17,19). The van der Waals surface area contributed by atoms with Crippen molar-refractivity contribution in [2.45, 2.75) is 12.8 Å². The molecule has 0 aliphatic carbocycles. The number of hydrogen-bond donors (Lipinski definition) is 1. The maximum atomic E-state index is 5.97. The molecule has 0 bridgehead atoms. The molecule has 0 spiro atoms. The molecule has 0 atom stereocenters. The normalized spacial score (nSPS) is 10.7. The molecule has 3 rings (SSSR count). The number of nitrogen functional groups attached to an aromatic ring is 1. The molecular weight excluding hydrogens is 234 g/mol. The van der Waals surface area contributed by atoms with Gasteiger partial charge in [-0.15, -0.1) is 0 Å². The smallest absolute Gasteiger partial charge is 0.133 e. The zero-order valence-corrected chi connectivity index (χ0v) is 10.6. The highest BCUT2D eigenvalue weighted by Crippen LogP contribution is 2.19. The summed E-state index contributed by atoms with van der Waals surface area (Å²) in [5.74, 6) is 0.564. The van der Waals surface area contributed by atoms with E-state index in [0.717, 1.165) is 29.3 Å². The fraction of sp³-hybridized carbons (Fsp3) is 0.125. The highest BCUT2D eigenvalue weighted by atomic mass is 14.8. The second-order valence-electron chi connectivity index (χ2n) is 4.58. The minimum Gasteiger partial charge on any atom is -0.383 e. The summed E-state index contributed by atoms with van der Waals surface area (Å²) in [5.41, 5.74) is 8.32. The van der Waals surface area contributed by atoms with Crippen LogP contribution in [0.1, 0.15) is 11.3 Å². The van der Waals surface area contributed by atoms with Crippen LogP contribution in [0.4, 0.5) is 5.82 Å². The van der Waals surface area contributed by atoms with E-state index in [9.17, 15) is 0 Å². The zero-order valence-electron chi connectivity index (χ0n) is 10.6. The first-order chi connectivity index (χ1) is 9.33. The average molecular weight is 249 g/mol. The Kier molecular flexibility index (Phi) is 3.11. The highest BCUT2D eigenvalue weighted by molar-refractivity contribution is 5.90. The minimum atomic E-state index is 0.564. The number of nitrogens with two attached hydrogens (primary N) is 1. The number of aromatic nitrogens is 2. The van der Waals surface area contributed by atoms with Gasteiger partial charge in [0.15, 0.2) is 0 Å². The Morgan fingerprint density at radius 3 is 2.68 bits per heavy atom. The third-order valence-electron chi connectivity index (χ3n) is 3.23. The maximum Gasteiger partial charge on any atom is 0.133 e. The van der Waals surface area contributed by atoms with E-state index in [4.69, 9.17) is 5.73 Å². The highest BCUT2D eigenvalue weighted by Gasteiger charge is 2.03. The average Bonchev–Trinajstić information content (AvgIpc) is 2.46. The number of hydrogen-bond acceptors (Lipinski definition) is 3. The number of pyridine rings is 2. The Morgan fingerprint density at radius 1 is 1.00 bits per heavy atom. The molecule has 1 aromatic carbocycles. The van der Waals surface area contributed by atoms with Gasteiger partial charge < -0.3 is 5.73 Å². The molecule has 0 aliphatic rings. The molecule has 0 aliphatic heterocycles. The quantitative estimate of drug-likeness (QED) is 0.776. The van der Waals surface area contributed by atoms with Gasteiger partial charge in [-0.3, -0.25) is 4.98 Å². The lowest BCUT2D eigenvalue weighted by Crippen LogP contribution is -1.99. The van der Waals surface area contributed by atoms with Crippen molar-refractivity contribution in [3.8, 4) is 0 Å². The second kappa shape index (κ2) is 5.06. The largest absolute Gasteiger partial charge is 0.383 e. The number of anilines is 1. The van der Waals surface area contributed by atoms with Crippen LogP contribution in [0.5, 0.6) is 0 Å². The van der Waals surface area contributed by atoms with Crippen LogP contribution < -0.4 is 5.73 Å². The van der Waals surface area contributed by atoms with E-state index < -0.39 is 0 Å². The molecule has 0 unspecified atom stereocenters. The molecule has 3 heteroatoms. The van der Waals surface area contributed by atoms with Gasteiger partial charge in [-0.25, -0.2) is 4.98 Å². The number of rotatable bonds is 3. The van der Waals surface area contributed by atoms with Crippen LogP contribution in [-0.2, 0) is 12.8 Å². The SMILES string of the molecule is Nc1nc(CCc2ccccc2)cc2ccncc12. The molecule has 0 fully saturated rings. The van der Waals surface area contributed by atoms with Crippen molar-refractivity contribution in [1.82, 2.24) is 9.97 Å². The van der Waals surface area contributed by atoms with Gasteiger partial charge in [0.2, 0.25) is 0 Å². The Labute approximate surface area is 112 Å². The molecule has 0 radical (unpaired) electrons. The molecule has 2 heterocycles. The van der Waals surface area contributed by atoms with Crippen molar-refractivity contribution in [3.05, 3.63) is 66.1 Å². The summed E-state index contributed by atoms with van der Waals surface area (Å²) < 4.78 is 0. The van der Waals surface area contributed by atoms with Crippen LogP contribution in [-0.4, -0.2) is 9.97 Å². The van der Waals surface area contributed by atoms with E-state index in [-0.39, 0.29) is 0 Å². The van der Waals surface area contributed by atoms with Crippen LogP contribution in [0, 0.1) is 0 Å². The Balaban J connectivity index is 1.85. The van der Waals surface area contributed by atoms with Crippen LogP contribution in [0.25, 0.3) is 10.8 Å². The third kappa shape index (κ3) is 2.55. The molecule has 0 saturated carbocycles. The van der Waals surface area contributed by atoms with E-state index in [0.29, 0.717) is 5.82 Å². The van der Waals surface area contributed by atoms with Gasteiger partial charge in [0.25, 0.3) is 0 Å². The fourth-order valence-corrected chi connectivity index (χ4v) is 2.22. The topological polar surface area (TPSA) is 51.8 Å². The Morgan fingerprint density at radius 2 is 1.84 bits per heavy atom. The summed E-state index contributed by atoms with van der Waals surface area (Å²) in [5, 5.41) is 2.02. The first-order valence-electron chi connectivity index (χ1n) is 6.36. The number of fused-ring (bicyclic) bond motifs is 1. The van der Waals surface area contributed by atoms with E-state index in [2.05, 4.69) is 40.3 Å². The molecule has 0 saturated heterocycles. The Hall–Kier alpha value is -2.42. The molecule has 3 aromatic rings. The zero-order chi connectivity index (χ0) is 13.1. The van der Waals surface area contributed by atoms with Crippen molar-refractivity contribution >= 4 is 16.6 Å². The lowest BCUT2D eigenvalue weighted by Gasteiger charge is -2.06. The van der Waals surface area contributed by atoms with E-state index in [1.165, 1.54) is 5.56 Å². The van der Waals surface area contributed by atoms with E-state index >= 15 is 0 Å². The van der Waals surface area contributed by atoms with Gasteiger partial charge in [0.05, 0.1) is 0 Å². The van der Waals surface area contributed by atoms with Gasteiger partial charge in [-0.1, -0.05) is 30.3 Å². The molecule has 2 aromatic heterocycles.